The van der Waals surface area contributed by atoms with Gasteiger partial charge >= 0.3 is 0 Å². The minimum atomic E-state index is -3.84. The van der Waals surface area contributed by atoms with Crippen LogP contribution in [-0.2, 0) is 29.4 Å². The predicted octanol–water partition coefficient (Wildman–Crippen LogP) is 1.57. The van der Waals surface area contributed by atoms with E-state index >= 15 is 0 Å². The molecular formula is C18H19N3O6S3. The van der Waals surface area contributed by atoms with Crippen molar-refractivity contribution in [1.29, 1.82) is 0 Å². The zero-order valence-electron chi connectivity index (χ0n) is 15.6. The lowest BCUT2D eigenvalue weighted by atomic mass is 10.3. The predicted molar refractivity (Wildman–Crippen MR) is 114 cm³/mol. The van der Waals surface area contributed by atoms with E-state index in [4.69, 9.17) is 5.14 Å². The Hall–Kier alpha value is -2.41. The number of nitrogens with one attached hydrogen (secondary N) is 2. The van der Waals surface area contributed by atoms with Gasteiger partial charge in [0, 0.05) is 29.2 Å². The normalized spacial score (nSPS) is 14.4. The van der Waals surface area contributed by atoms with E-state index < -0.39 is 31.5 Å². The molecule has 30 heavy (non-hydrogen) atoms. The van der Waals surface area contributed by atoms with Crippen LogP contribution >= 0.6 is 11.8 Å². The third kappa shape index (κ3) is 5.59. The number of hydrogen-bond donors (Lipinski definition) is 3. The molecule has 0 radical (unpaired) electrons. The summed E-state index contributed by atoms with van der Waals surface area (Å²) in [4.78, 5) is 24.5. The maximum absolute atomic E-state index is 12.6. The molecule has 0 atom stereocenters. The van der Waals surface area contributed by atoms with E-state index in [1.807, 2.05) is 0 Å². The van der Waals surface area contributed by atoms with Gasteiger partial charge in [-0.05, 0) is 42.5 Å². The maximum Gasteiger partial charge on any atom is 0.238 e. The van der Waals surface area contributed by atoms with Gasteiger partial charge in [0.1, 0.15) is 0 Å². The van der Waals surface area contributed by atoms with Crippen molar-refractivity contribution in [3.8, 4) is 0 Å². The zero-order chi connectivity index (χ0) is 21.9. The van der Waals surface area contributed by atoms with Gasteiger partial charge in [-0.25, -0.2) is 22.0 Å². The molecular weight excluding hydrogens is 450 g/mol. The highest BCUT2D eigenvalue weighted by Crippen LogP contribution is 2.33. The standard InChI is InChI=1S/C18H19N3O6S3/c19-30(26,27)13-3-1-12(2-4-13)20-18(23)8-10-29(24,25)14-5-6-16-15(11-14)21-17(22)7-9-28-16/h1-6,11H,7-10H2,(H,20,23)(H,21,22)(H2,19,26,27). The number of fused-ring (bicyclic) bond motifs is 1. The highest BCUT2D eigenvalue weighted by atomic mass is 32.2. The summed E-state index contributed by atoms with van der Waals surface area (Å²) in [6, 6.07) is 9.71. The molecule has 2 amide bonds. The van der Waals surface area contributed by atoms with E-state index in [-0.39, 0.29) is 22.1 Å². The molecule has 0 saturated carbocycles. The van der Waals surface area contributed by atoms with E-state index in [0.717, 1.165) is 4.90 Å². The molecule has 0 saturated heterocycles. The first kappa shape index (κ1) is 22.3. The Labute approximate surface area is 178 Å². The Morgan fingerprint density at radius 3 is 2.40 bits per heavy atom. The minimum absolute atomic E-state index is 0.0226. The second-order valence-corrected chi connectivity index (χ2v) is 11.3. The van der Waals surface area contributed by atoms with Crippen molar-refractivity contribution in [2.45, 2.75) is 27.5 Å². The molecule has 0 aliphatic carbocycles. The van der Waals surface area contributed by atoms with Crippen LogP contribution in [0.1, 0.15) is 12.8 Å². The van der Waals surface area contributed by atoms with Gasteiger partial charge in [0.25, 0.3) is 0 Å². The van der Waals surface area contributed by atoms with E-state index in [0.29, 0.717) is 23.5 Å². The van der Waals surface area contributed by atoms with E-state index in [9.17, 15) is 26.4 Å². The third-order valence-electron chi connectivity index (χ3n) is 4.24. The number of primary sulfonamides is 1. The summed E-state index contributed by atoms with van der Waals surface area (Å²) in [5.41, 5.74) is 0.762. The molecule has 0 bridgehead atoms. The average Bonchev–Trinajstić information content (AvgIpc) is 2.86. The highest BCUT2D eigenvalue weighted by Gasteiger charge is 2.20. The van der Waals surface area contributed by atoms with Gasteiger partial charge in [-0.2, -0.15) is 0 Å². The number of rotatable bonds is 6. The number of benzene rings is 2. The molecule has 2 aromatic rings. The number of carbonyl (C=O) groups excluding carboxylic acids is 2. The van der Waals surface area contributed by atoms with Gasteiger partial charge in [-0.3, -0.25) is 9.59 Å². The Bertz CT molecular complexity index is 1190. The van der Waals surface area contributed by atoms with Crippen molar-refractivity contribution in [2.75, 3.05) is 22.1 Å². The maximum atomic E-state index is 12.6. The zero-order valence-corrected chi connectivity index (χ0v) is 18.1. The molecule has 0 unspecified atom stereocenters. The summed E-state index contributed by atoms with van der Waals surface area (Å²) < 4.78 is 47.7. The molecule has 1 aliphatic heterocycles. The fraction of sp³-hybridized carbons (Fsp3) is 0.222. The third-order valence-corrected chi connectivity index (χ3v) is 7.95. The van der Waals surface area contributed by atoms with Gasteiger partial charge in [-0.1, -0.05) is 0 Å². The van der Waals surface area contributed by atoms with Crippen LogP contribution in [-0.4, -0.2) is 40.2 Å². The van der Waals surface area contributed by atoms with Crippen molar-refractivity contribution in [3.05, 3.63) is 42.5 Å². The smallest absolute Gasteiger partial charge is 0.238 e. The lowest BCUT2D eigenvalue weighted by molar-refractivity contribution is -0.116. The van der Waals surface area contributed by atoms with Crippen LogP contribution in [0.3, 0.4) is 0 Å². The van der Waals surface area contributed by atoms with Crippen LogP contribution in [0, 0.1) is 0 Å². The molecule has 1 heterocycles. The average molecular weight is 470 g/mol. The van der Waals surface area contributed by atoms with Crippen LogP contribution in [0.25, 0.3) is 0 Å². The SMILES string of the molecule is NS(=O)(=O)c1ccc(NC(=O)CCS(=O)(=O)c2ccc3c(c2)NC(=O)CCS3)cc1. The molecule has 0 aromatic heterocycles. The minimum Gasteiger partial charge on any atom is -0.326 e. The van der Waals surface area contributed by atoms with Gasteiger partial charge < -0.3 is 10.6 Å². The fourth-order valence-corrected chi connectivity index (χ4v) is 5.40. The number of amides is 2. The largest absolute Gasteiger partial charge is 0.326 e. The van der Waals surface area contributed by atoms with E-state index in [1.165, 1.54) is 48.2 Å². The number of carbonyl (C=O) groups is 2. The van der Waals surface area contributed by atoms with E-state index in [2.05, 4.69) is 10.6 Å². The lowest BCUT2D eigenvalue weighted by Gasteiger charge is -2.10. The number of sulfone groups is 1. The number of sulfonamides is 1. The first-order valence-corrected chi connectivity index (χ1v) is 13.0. The van der Waals surface area contributed by atoms with Crippen LogP contribution in [0.4, 0.5) is 11.4 Å². The Morgan fingerprint density at radius 1 is 1.07 bits per heavy atom. The van der Waals surface area contributed by atoms with Crippen LogP contribution in [0.2, 0.25) is 0 Å². The molecule has 0 fully saturated rings. The summed E-state index contributed by atoms with van der Waals surface area (Å²) in [5, 5.41) is 10.2. The van der Waals surface area contributed by atoms with E-state index in [1.54, 1.807) is 6.07 Å². The molecule has 12 heteroatoms. The number of thioether (sulfide) groups is 1. The molecule has 9 nitrogen and oxygen atoms in total. The number of hydrogen-bond acceptors (Lipinski definition) is 7. The van der Waals surface area contributed by atoms with Crippen molar-refractivity contribution in [3.63, 3.8) is 0 Å². The summed E-state index contributed by atoms with van der Waals surface area (Å²) in [6.07, 6.45) is 0.0528. The fourth-order valence-electron chi connectivity index (χ4n) is 2.69. The van der Waals surface area contributed by atoms with Crippen molar-refractivity contribution in [1.82, 2.24) is 0 Å². The van der Waals surface area contributed by atoms with Crippen molar-refractivity contribution in [2.24, 2.45) is 5.14 Å². The lowest BCUT2D eigenvalue weighted by Crippen LogP contribution is -2.18. The Kier molecular flexibility index (Phi) is 6.50. The summed E-state index contributed by atoms with van der Waals surface area (Å²) in [5.74, 6) is -0.527. The van der Waals surface area contributed by atoms with Gasteiger partial charge in [0.15, 0.2) is 9.84 Å². The second kappa shape index (κ2) is 8.76. The molecule has 4 N–H and O–H groups in total. The summed E-state index contributed by atoms with van der Waals surface area (Å²) in [6.45, 7) is 0. The van der Waals surface area contributed by atoms with Crippen LogP contribution in [0.15, 0.2) is 57.2 Å². The molecule has 3 rings (SSSR count). The van der Waals surface area contributed by atoms with Crippen LogP contribution < -0.4 is 15.8 Å². The topological polar surface area (TPSA) is 152 Å². The molecule has 0 spiro atoms. The van der Waals surface area contributed by atoms with Crippen LogP contribution in [0.5, 0.6) is 0 Å². The van der Waals surface area contributed by atoms with Crippen molar-refractivity contribution < 1.29 is 26.4 Å². The summed E-state index contributed by atoms with van der Waals surface area (Å²) >= 11 is 1.47. The first-order chi connectivity index (χ1) is 14.0. The Morgan fingerprint density at radius 2 is 1.73 bits per heavy atom. The Balaban J connectivity index is 1.65. The van der Waals surface area contributed by atoms with Gasteiger partial charge in [-0.15, -0.1) is 11.8 Å². The molecule has 2 aromatic carbocycles. The van der Waals surface area contributed by atoms with Gasteiger partial charge in [0.05, 0.1) is 21.2 Å². The van der Waals surface area contributed by atoms with Crippen molar-refractivity contribution >= 4 is 54.8 Å². The summed E-state index contributed by atoms with van der Waals surface area (Å²) in [7, 11) is -7.59. The van der Waals surface area contributed by atoms with Gasteiger partial charge in [0.2, 0.25) is 21.8 Å². The quantitative estimate of drug-likeness (QED) is 0.580. The second-order valence-electron chi connectivity index (χ2n) is 6.49. The highest BCUT2D eigenvalue weighted by molar-refractivity contribution is 7.99. The first-order valence-electron chi connectivity index (χ1n) is 8.77. The monoisotopic (exact) mass is 469 g/mol. The molecule has 1 aliphatic rings. The number of anilines is 2. The molecule has 160 valence electrons. The number of nitrogens with two attached hydrogens (primary N) is 1.